The van der Waals surface area contributed by atoms with Crippen LogP contribution >= 0.6 is 0 Å². The first-order valence-corrected chi connectivity index (χ1v) is 16.5. The molecular weight excluding hydrogens is 624 g/mol. The van der Waals surface area contributed by atoms with Crippen LogP contribution in [0.1, 0.15) is 45.5 Å². The van der Waals surface area contributed by atoms with Crippen LogP contribution in [0.25, 0.3) is 0 Å². The number of fused-ring (bicyclic) bond motifs is 2. The third-order valence-corrected chi connectivity index (χ3v) is 9.99. The molecule has 2 unspecified atom stereocenters. The Bertz CT molecular complexity index is 1830. The molecule has 0 aromatic heterocycles. The first kappa shape index (κ1) is 34.1. The lowest BCUT2D eigenvalue weighted by Gasteiger charge is -2.36. The topological polar surface area (TPSA) is 102 Å². The van der Waals surface area contributed by atoms with Gasteiger partial charge < -0.3 is 38.6 Å². The van der Waals surface area contributed by atoms with Crippen molar-refractivity contribution < 1.29 is 38.6 Å². The molecule has 0 amide bonds. The molecule has 2 heterocycles. The van der Waals surface area contributed by atoms with E-state index in [1.807, 2.05) is 30.3 Å². The Morgan fingerprint density at radius 1 is 0.551 bits per heavy atom. The molecule has 0 saturated heterocycles. The van der Waals surface area contributed by atoms with Crippen molar-refractivity contribution in [2.45, 2.75) is 37.8 Å². The minimum absolute atomic E-state index is 0.0367. The SMILES string of the molecule is COc1ccc(CC2c3cc(Oc4cc(OC)c(OC)cc4CC4c5cc(O)c(OC)cc5CCN4C)c(OC)cc3CCN2C)cc1O. The molecular formula is C39H46N2O8. The molecule has 0 spiro atoms. The summed E-state index contributed by atoms with van der Waals surface area (Å²) in [7, 11) is 12.2. The van der Waals surface area contributed by atoms with Crippen molar-refractivity contribution in [1.29, 1.82) is 0 Å². The second kappa shape index (κ2) is 14.4. The Labute approximate surface area is 288 Å². The first-order valence-electron chi connectivity index (χ1n) is 16.5. The molecule has 4 aromatic rings. The van der Waals surface area contributed by atoms with Crippen molar-refractivity contribution in [3.8, 4) is 51.7 Å². The standard InChI is InChI=1S/C39H46N2O8/c1-40-12-11-25-18-37(47-6)39(21-28(25)29(40)14-23-8-9-33(44-3)31(42)15-23)49-34-22-38(48-7)36(46-5)19-26(34)16-30-27-20-32(43)35(45-4)17-24(27)10-13-41(30)2/h8-9,15,17-22,29-30,42-43H,10-14,16H2,1-7H3. The number of phenols is 2. The number of hydrogen-bond acceptors (Lipinski definition) is 10. The van der Waals surface area contributed by atoms with Crippen LogP contribution in [-0.2, 0) is 25.7 Å². The van der Waals surface area contributed by atoms with Crippen LogP contribution in [0.5, 0.6) is 51.7 Å². The van der Waals surface area contributed by atoms with Gasteiger partial charge in [-0.15, -0.1) is 0 Å². The van der Waals surface area contributed by atoms with E-state index in [2.05, 4.69) is 36.0 Å². The number of ether oxygens (including phenoxy) is 6. The Kier molecular flexibility index (Phi) is 9.99. The molecule has 0 radical (unpaired) electrons. The lowest BCUT2D eigenvalue weighted by Crippen LogP contribution is -2.33. The summed E-state index contributed by atoms with van der Waals surface area (Å²) in [6.07, 6.45) is 3.01. The number of phenolic OH excluding ortho intramolecular Hbond substituents is 2. The zero-order chi connectivity index (χ0) is 34.8. The van der Waals surface area contributed by atoms with Crippen LogP contribution in [0, 0.1) is 0 Å². The van der Waals surface area contributed by atoms with E-state index in [1.54, 1.807) is 47.7 Å². The highest BCUT2D eigenvalue weighted by molar-refractivity contribution is 5.57. The maximum atomic E-state index is 10.7. The van der Waals surface area contributed by atoms with Gasteiger partial charge in [0.2, 0.25) is 0 Å². The van der Waals surface area contributed by atoms with Crippen molar-refractivity contribution >= 4 is 0 Å². The average molecular weight is 671 g/mol. The third kappa shape index (κ3) is 6.75. The zero-order valence-electron chi connectivity index (χ0n) is 29.3. The Hall–Kier alpha value is -4.80. The van der Waals surface area contributed by atoms with E-state index in [1.165, 1.54) is 5.56 Å². The highest BCUT2D eigenvalue weighted by Crippen LogP contribution is 2.46. The van der Waals surface area contributed by atoms with Crippen LogP contribution in [0.2, 0.25) is 0 Å². The smallest absolute Gasteiger partial charge is 0.169 e. The number of methoxy groups -OCH3 is 5. The summed E-state index contributed by atoms with van der Waals surface area (Å²) in [5.74, 6) is 4.17. The molecule has 0 aliphatic carbocycles. The molecule has 2 atom stereocenters. The van der Waals surface area contributed by atoms with Gasteiger partial charge in [-0.25, -0.2) is 0 Å². The minimum Gasteiger partial charge on any atom is -0.504 e. The lowest BCUT2D eigenvalue weighted by atomic mass is 9.88. The number of benzene rings is 4. The number of likely N-dealkylation sites (N-methyl/N-ethyl adjacent to an activating group) is 2. The van der Waals surface area contributed by atoms with Crippen LogP contribution in [0.4, 0.5) is 0 Å². The number of nitrogens with zero attached hydrogens (tertiary/aromatic N) is 2. The zero-order valence-corrected chi connectivity index (χ0v) is 29.3. The van der Waals surface area contributed by atoms with E-state index in [4.69, 9.17) is 28.4 Å². The monoisotopic (exact) mass is 670 g/mol. The Morgan fingerprint density at radius 3 is 1.69 bits per heavy atom. The summed E-state index contributed by atoms with van der Waals surface area (Å²) >= 11 is 0. The Balaban J connectivity index is 1.39. The van der Waals surface area contributed by atoms with Crippen LogP contribution in [0.3, 0.4) is 0 Å². The second-order valence-electron chi connectivity index (χ2n) is 12.7. The molecule has 49 heavy (non-hydrogen) atoms. The summed E-state index contributed by atoms with van der Waals surface area (Å²) in [5.41, 5.74) is 6.47. The molecule has 10 heteroatoms. The van der Waals surface area contributed by atoms with Crippen molar-refractivity contribution in [3.63, 3.8) is 0 Å². The van der Waals surface area contributed by atoms with E-state index < -0.39 is 0 Å². The van der Waals surface area contributed by atoms with Gasteiger partial charge in [0.05, 0.1) is 35.5 Å². The fourth-order valence-corrected chi connectivity index (χ4v) is 7.18. The third-order valence-electron chi connectivity index (χ3n) is 9.99. The van der Waals surface area contributed by atoms with Gasteiger partial charge in [-0.05, 0) is 110 Å². The quantitative estimate of drug-likeness (QED) is 0.185. The summed E-state index contributed by atoms with van der Waals surface area (Å²) in [6, 6.07) is 17.3. The Morgan fingerprint density at radius 2 is 1.08 bits per heavy atom. The van der Waals surface area contributed by atoms with Gasteiger partial charge in [0.1, 0.15) is 5.75 Å². The van der Waals surface area contributed by atoms with Gasteiger partial charge in [-0.3, -0.25) is 9.80 Å². The number of aromatic hydroxyl groups is 2. The maximum absolute atomic E-state index is 10.7. The van der Waals surface area contributed by atoms with E-state index in [9.17, 15) is 10.2 Å². The molecule has 2 aliphatic rings. The van der Waals surface area contributed by atoms with Crippen molar-refractivity contribution in [1.82, 2.24) is 9.80 Å². The van der Waals surface area contributed by atoms with Crippen molar-refractivity contribution in [2.75, 3.05) is 62.7 Å². The molecule has 6 rings (SSSR count). The fourth-order valence-electron chi connectivity index (χ4n) is 7.18. The normalized spacial score (nSPS) is 17.5. The van der Waals surface area contributed by atoms with E-state index in [-0.39, 0.29) is 23.6 Å². The summed E-state index contributed by atoms with van der Waals surface area (Å²) in [4.78, 5) is 4.63. The van der Waals surface area contributed by atoms with Crippen molar-refractivity contribution in [3.05, 3.63) is 88.0 Å². The van der Waals surface area contributed by atoms with E-state index in [0.29, 0.717) is 53.1 Å². The van der Waals surface area contributed by atoms with E-state index in [0.717, 1.165) is 53.7 Å². The number of rotatable bonds is 11. The van der Waals surface area contributed by atoms with Crippen LogP contribution in [-0.4, -0.2) is 82.7 Å². The molecule has 2 N–H and O–H groups in total. The molecule has 4 aromatic carbocycles. The van der Waals surface area contributed by atoms with Gasteiger partial charge in [0.25, 0.3) is 0 Å². The van der Waals surface area contributed by atoms with E-state index >= 15 is 0 Å². The highest BCUT2D eigenvalue weighted by atomic mass is 16.5. The number of hydrogen-bond donors (Lipinski definition) is 2. The van der Waals surface area contributed by atoms with Gasteiger partial charge in [-0.1, -0.05) is 6.07 Å². The summed E-state index contributed by atoms with van der Waals surface area (Å²) in [5, 5.41) is 21.2. The van der Waals surface area contributed by atoms with Crippen molar-refractivity contribution in [2.24, 2.45) is 0 Å². The summed E-state index contributed by atoms with van der Waals surface area (Å²) in [6.45, 7) is 1.75. The highest BCUT2D eigenvalue weighted by Gasteiger charge is 2.31. The minimum atomic E-state index is -0.0367. The van der Waals surface area contributed by atoms with Crippen LogP contribution in [0.15, 0.2) is 54.6 Å². The predicted octanol–water partition coefficient (Wildman–Crippen LogP) is 6.48. The van der Waals surface area contributed by atoms with Gasteiger partial charge in [-0.2, -0.15) is 0 Å². The molecule has 0 bridgehead atoms. The molecule has 0 saturated carbocycles. The average Bonchev–Trinajstić information content (AvgIpc) is 3.10. The molecule has 260 valence electrons. The maximum Gasteiger partial charge on any atom is 0.169 e. The lowest BCUT2D eigenvalue weighted by molar-refractivity contribution is 0.226. The fraction of sp³-hybridized carbons (Fsp3) is 0.385. The predicted molar refractivity (Wildman–Crippen MR) is 187 cm³/mol. The molecule has 2 aliphatic heterocycles. The summed E-state index contributed by atoms with van der Waals surface area (Å²) < 4.78 is 34.9. The van der Waals surface area contributed by atoms with Gasteiger partial charge >= 0.3 is 0 Å². The molecule has 0 fully saturated rings. The largest absolute Gasteiger partial charge is 0.504 e. The molecule has 10 nitrogen and oxygen atoms in total. The first-order chi connectivity index (χ1) is 23.7. The second-order valence-corrected chi connectivity index (χ2v) is 12.7. The van der Waals surface area contributed by atoms with Crippen LogP contribution < -0.4 is 28.4 Å². The van der Waals surface area contributed by atoms with Gasteiger partial charge in [0.15, 0.2) is 46.0 Å². The van der Waals surface area contributed by atoms with Gasteiger partial charge in [0, 0.05) is 36.8 Å².